The maximum Gasteiger partial charge on any atom is 0.518 e. The summed E-state index contributed by atoms with van der Waals surface area (Å²) in [7, 11) is 0. The highest BCUT2D eigenvalue weighted by molar-refractivity contribution is 5.72. The van der Waals surface area contributed by atoms with E-state index in [1.54, 1.807) is 6.92 Å². The predicted molar refractivity (Wildman–Crippen MR) is 71.4 cm³/mol. The predicted octanol–water partition coefficient (Wildman–Crippen LogP) is -0.0621. The number of ether oxygens (including phenoxy) is 3. The standard InChI is InChI=1S/C13H22N2O6/c1-11(8-14-2-5-19-6-3-14)12(16)21-10-15(13(17)18)4-7-20-9-15/h11H,2-10H2,1H3/p+1. The average Bonchev–Trinajstić information content (AvgIpc) is 2.96. The molecule has 2 heterocycles. The van der Waals surface area contributed by atoms with E-state index >= 15 is 0 Å². The lowest BCUT2D eigenvalue weighted by molar-refractivity contribution is -0.872. The summed E-state index contributed by atoms with van der Waals surface area (Å²) in [6.07, 6.45) is -1.03. The van der Waals surface area contributed by atoms with E-state index in [0.717, 1.165) is 13.1 Å². The highest BCUT2D eigenvalue weighted by Crippen LogP contribution is 2.15. The molecular formula is C13H23N2O6+. The van der Waals surface area contributed by atoms with E-state index in [1.807, 2.05) is 0 Å². The van der Waals surface area contributed by atoms with E-state index in [0.29, 0.717) is 32.9 Å². The van der Waals surface area contributed by atoms with Crippen LogP contribution < -0.4 is 0 Å². The Morgan fingerprint density at radius 1 is 1.29 bits per heavy atom. The molecule has 2 aliphatic heterocycles. The summed E-state index contributed by atoms with van der Waals surface area (Å²) in [4.78, 5) is 25.5. The zero-order valence-corrected chi connectivity index (χ0v) is 12.3. The van der Waals surface area contributed by atoms with E-state index < -0.39 is 6.09 Å². The van der Waals surface area contributed by atoms with E-state index in [2.05, 4.69) is 4.90 Å². The second kappa shape index (κ2) is 7.17. The van der Waals surface area contributed by atoms with Crippen LogP contribution in [0.1, 0.15) is 6.92 Å². The molecule has 0 aromatic heterocycles. The third-order valence-corrected chi connectivity index (χ3v) is 3.90. The number of esters is 1. The van der Waals surface area contributed by atoms with E-state index in [-0.39, 0.29) is 29.8 Å². The van der Waals surface area contributed by atoms with Gasteiger partial charge in [-0.15, -0.1) is 0 Å². The SMILES string of the molecule is CC(CN1CCOCC1)C(=O)OC[N+]1(C(=O)O)CCOC1. The van der Waals surface area contributed by atoms with Gasteiger partial charge in [-0.1, -0.05) is 6.92 Å². The molecule has 1 amide bonds. The van der Waals surface area contributed by atoms with Crippen LogP contribution in [0.25, 0.3) is 0 Å². The van der Waals surface area contributed by atoms with Crippen molar-refractivity contribution >= 4 is 12.1 Å². The molecule has 2 fully saturated rings. The topological polar surface area (TPSA) is 85.3 Å². The van der Waals surface area contributed by atoms with Crippen LogP contribution in [0.3, 0.4) is 0 Å². The molecule has 0 spiro atoms. The number of carboxylic acid groups (broad SMARTS) is 1. The average molecular weight is 303 g/mol. The summed E-state index contributed by atoms with van der Waals surface area (Å²) in [6, 6.07) is 0. The Morgan fingerprint density at radius 2 is 2.00 bits per heavy atom. The second-order valence-corrected chi connectivity index (χ2v) is 5.60. The molecule has 0 saturated carbocycles. The maximum absolute atomic E-state index is 12.0. The van der Waals surface area contributed by atoms with Gasteiger partial charge in [0.25, 0.3) is 0 Å². The molecule has 0 aliphatic carbocycles. The van der Waals surface area contributed by atoms with E-state index in [9.17, 15) is 14.7 Å². The zero-order valence-electron chi connectivity index (χ0n) is 12.3. The first-order valence-corrected chi connectivity index (χ1v) is 7.17. The summed E-state index contributed by atoms with van der Waals surface area (Å²) in [5, 5.41) is 9.26. The Kier molecular flexibility index (Phi) is 5.51. The van der Waals surface area contributed by atoms with Gasteiger partial charge >= 0.3 is 12.1 Å². The minimum Gasteiger partial charge on any atom is -0.435 e. The van der Waals surface area contributed by atoms with Crippen LogP contribution in [-0.2, 0) is 19.0 Å². The van der Waals surface area contributed by atoms with Crippen molar-refractivity contribution in [2.75, 3.05) is 59.5 Å². The van der Waals surface area contributed by atoms with Gasteiger partial charge in [-0.2, -0.15) is 9.28 Å². The molecule has 2 rings (SSSR count). The van der Waals surface area contributed by atoms with Gasteiger partial charge in [0.05, 0.1) is 19.1 Å². The number of carbonyl (C=O) groups is 2. The van der Waals surface area contributed by atoms with Gasteiger partial charge in [0.2, 0.25) is 6.73 Å². The summed E-state index contributed by atoms with van der Waals surface area (Å²) < 4.78 is 15.2. The number of hydrogen-bond acceptors (Lipinski definition) is 6. The molecule has 2 atom stereocenters. The Balaban J connectivity index is 1.78. The third-order valence-electron chi connectivity index (χ3n) is 3.90. The largest absolute Gasteiger partial charge is 0.518 e. The van der Waals surface area contributed by atoms with Crippen LogP contribution >= 0.6 is 0 Å². The van der Waals surface area contributed by atoms with Gasteiger partial charge in [-0.3, -0.25) is 9.69 Å². The lowest BCUT2D eigenvalue weighted by Gasteiger charge is -2.29. The van der Waals surface area contributed by atoms with Gasteiger partial charge in [-0.05, 0) is 0 Å². The van der Waals surface area contributed by atoms with Crippen LogP contribution in [-0.4, -0.2) is 86.0 Å². The molecule has 1 N–H and O–H groups in total. The Bertz CT molecular complexity index is 377. The minimum atomic E-state index is -1.03. The summed E-state index contributed by atoms with van der Waals surface area (Å²) in [6.45, 7) is 5.92. The monoisotopic (exact) mass is 303 g/mol. The number of nitrogens with zero attached hydrogens (tertiary/aromatic N) is 2. The van der Waals surface area contributed by atoms with Crippen molar-refractivity contribution in [3.8, 4) is 0 Å². The van der Waals surface area contributed by atoms with Crippen molar-refractivity contribution in [2.24, 2.45) is 5.92 Å². The lowest BCUT2D eigenvalue weighted by Crippen LogP contribution is -2.52. The molecule has 8 nitrogen and oxygen atoms in total. The van der Waals surface area contributed by atoms with Crippen LogP contribution in [0.4, 0.5) is 4.79 Å². The van der Waals surface area contributed by atoms with Crippen LogP contribution in [0.2, 0.25) is 0 Å². The van der Waals surface area contributed by atoms with Crippen LogP contribution in [0, 0.1) is 5.92 Å². The first kappa shape index (κ1) is 16.2. The van der Waals surface area contributed by atoms with Crippen molar-refractivity contribution < 1.29 is 33.4 Å². The fourth-order valence-corrected chi connectivity index (χ4v) is 2.43. The number of amides is 1. The number of hydrogen-bond donors (Lipinski definition) is 1. The van der Waals surface area contributed by atoms with Crippen molar-refractivity contribution in [1.82, 2.24) is 4.90 Å². The first-order valence-electron chi connectivity index (χ1n) is 7.17. The molecule has 2 saturated heterocycles. The quantitative estimate of drug-likeness (QED) is 0.562. The molecule has 0 bridgehead atoms. The van der Waals surface area contributed by atoms with Gasteiger partial charge in [0, 0.05) is 19.6 Å². The Labute approximate surface area is 123 Å². The molecule has 120 valence electrons. The third kappa shape index (κ3) is 4.13. The minimum absolute atomic E-state index is 0.0421. The number of morpholine rings is 1. The molecule has 2 unspecified atom stereocenters. The lowest BCUT2D eigenvalue weighted by atomic mass is 10.1. The summed E-state index contributed by atoms with van der Waals surface area (Å²) in [5.74, 6) is -0.660. The molecule has 21 heavy (non-hydrogen) atoms. The Morgan fingerprint density at radius 3 is 2.57 bits per heavy atom. The molecule has 0 radical (unpaired) electrons. The molecule has 8 heteroatoms. The molecule has 0 aromatic carbocycles. The van der Waals surface area contributed by atoms with Gasteiger partial charge in [0.15, 0.2) is 6.73 Å². The maximum atomic E-state index is 12.0. The van der Waals surface area contributed by atoms with Gasteiger partial charge in [-0.25, -0.2) is 0 Å². The van der Waals surface area contributed by atoms with Crippen molar-refractivity contribution in [3.05, 3.63) is 0 Å². The summed E-state index contributed by atoms with van der Waals surface area (Å²) in [5.41, 5.74) is 0. The Hall–Kier alpha value is -1.22. The van der Waals surface area contributed by atoms with E-state index in [4.69, 9.17) is 14.2 Å². The van der Waals surface area contributed by atoms with Crippen LogP contribution in [0.15, 0.2) is 0 Å². The van der Waals surface area contributed by atoms with Crippen molar-refractivity contribution in [1.29, 1.82) is 0 Å². The van der Waals surface area contributed by atoms with Crippen LogP contribution in [0.5, 0.6) is 0 Å². The highest BCUT2D eigenvalue weighted by atomic mass is 16.6. The summed E-state index contributed by atoms with van der Waals surface area (Å²) >= 11 is 0. The number of quaternary nitrogens is 1. The van der Waals surface area contributed by atoms with E-state index in [1.165, 1.54) is 0 Å². The smallest absolute Gasteiger partial charge is 0.435 e. The fourth-order valence-electron chi connectivity index (χ4n) is 2.43. The molecule has 0 aromatic rings. The van der Waals surface area contributed by atoms with Gasteiger partial charge in [0.1, 0.15) is 13.2 Å². The highest BCUT2D eigenvalue weighted by Gasteiger charge is 2.43. The normalized spacial score (nSPS) is 28.2. The zero-order chi connectivity index (χ0) is 15.3. The van der Waals surface area contributed by atoms with Gasteiger partial charge < -0.3 is 19.3 Å². The number of carbonyl (C=O) groups excluding carboxylic acids is 1. The molecular weight excluding hydrogens is 280 g/mol. The van der Waals surface area contributed by atoms with Crippen molar-refractivity contribution in [3.63, 3.8) is 0 Å². The number of rotatable bonds is 5. The fraction of sp³-hybridized carbons (Fsp3) is 0.846. The molecule has 2 aliphatic rings. The second-order valence-electron chi connectivity index (χ2n) is 5.60. The van der Waals surface area contributed by atoms with Crippen molar-refractivity contribution in [2.45, 2.75) is 6.92 Å². The first-order chi connectivity index (χ1) is 10.0.